The molecule has 0 N–H and O–H groups in total. The Morgan fingerprint density at radius 3 is 3.06 bits per heavy atom. The molecule has 0 spiro atoms. The molecule has 0 saturated carbocycles. The Balaban J connectivity index is 1.90. The molecule has 90 valence electrons. The van der Waals surface area contributed by atoms with Crippen molar-refractivity contribution in [2.24, 2.45) is 5.11 Å². The fourth-order valence-electron chi connectivity index (χ4n) is 2.36. The van der Waals surface area contributed by atoms with Crippen LogP contribution >= 0.6 is 0 Å². The summed E-state index contributed by atoms with van der Waals surface area (Å²) in [4.78, 5) is 2.70. The second-order valence-electron chi connectivity index (χ2n) is 4.40. The molecule has 2 aromatic rings. The Morgan fingerprint density at radius 1 is 1.28 bits per heavy atom. The van der Waals surface area contributed by atoms with Crippen molar-refractivity contribution in [2.45, 2.75) is 25.8 Å². The second-order valence-corrected chi connectivity index (χ2v) is 4.40. The Kier molecular flexibility index (Phi) is 2.74. The Hall–Kier alpha value is -2.26. The third-order valence-corrected chi connectivity index (χ3v) is 3.24. The first-order valence-electron chi connectivity index (χ1n) is 5.95. The molecule has 0 aliphatic heterocycles. The maximum Gasteiger partial charge on any atom is 0.143 e. The molecule has 0 radical (unpaired) electrons. The van der Waals surface area contributed by atoms with Crippen molar-refractivity contribution in [3.63, 3.8) is 0 Å². The standard InChI is InChI=1S/C13H12N4O/c14-17-15-8-12-7-13(16-18-12)11-5-4-9-2-1-3-10(9)6-11/h4-7H,1-3,8H2. The van der Waals surface area contributed by atoms with Crippen molar-refractivity contribution in [1.82, 2.24) is 5.16 Å². The van der Waals surface area contributed by atoms with Crippen molar-refractivity contribution in [3.8, 4) is 11.3 Å². The maximum atomic E-state index is 8.25. The van der Waals surface area contributed by atoms with Crippen LogP contribution in [0, 0.1) is 0 Å². The summed E-state index contributed by atoms with van der Waals surface area (Å²) in [7, 11) is 0. The highest BCUT2D eigenvalue weighted by molar-refractivity contribution is 5.61. The van der Waals surface area contributed by atoms with E-state index >= 15 is 0 Å². The monoisotopic (exact) mass is 240 g/mol. The fraction of sp³-hybridized carbons (Fsp3) is 0.308. The molecule has 0 atom stereocenters. The molecular formula is C13H12N4O. The van der Waals surface area contributed by atoms with Crippen LogP contribution in [0.3, 0.4) is 0 Å². The van der Waals surface area contributed by atoms with Gasteiger partial charge in [0.2, 0.25) is 0 Å². The van der Waals surface area contributed by atoms with E-state index < -0.39 is 0 Å². The number of azide groups is 1. The van der Waals surface area contributed by atoms with E-state index in [-0.39, 0.29) is 6.54 Å². The predicted octanol–water partition coefficient (Wildman–Crippen LogP) is 3.64. The normalized spacial score (nSPS) is 13.1. The molecule has 0 unspecified atom stereocenters. The SMILES string of the molecule is [N-]=[N+]=NCc1cc(-c2ccc3c(c2)CCC3)no1. The molecule has 18 heavy (non-hydrogen) atoms. The summed E-state index contributed by atoms with van der Waals surface area (Å²) in [5.41, 5.74) is 13.0. The van der Waals surface area contributed by atoms with Gasteiger partial charge in [0.15, 0.2) is 0 Å². The zero-order valence-corrected chi connectivity index (χ0v) is 9.83. The minimum Gasteiger partial charge on any atom is -0.361 e. The van der Waals surface area contributed by atoms with Crippen LogP contribution in [0.4, 0.5) is 0 Å². The number of nitrogens with zero attached hydrogens (tertiary/aromatic N) is 4. The lowest BCUT2D eigenvalue weighted by molar-refractivity contribution is 0.387. The van der Waals surface area contributed by atoms with Gasteiger partial charge < -0.3 is 4.52 Å². The van der Waals surface area contributed by atoms with Gasteiger partial charge in [-0.3, -0.25) is 0 Å². The lowest BCUT2D eigenvalue weighted by Gasteiger charge is -2.01. The van der Waals surface area contributed by atoms with Gasteiger partial charge in [0.1, 0.15) is 11.5 Å². The molecule has 3 rings (SSSR count). The number of rotatable bonds is 3. The van der Waals surface area contributed by atoms with E-state index in [4.69, 9.17) is 10.1 Å². The van der Waals surface area contributed by atoms with Gasteiger partial charge in [0, 0.05) is 16.5 Å². The number of benzene rings is 1. The summed E-state index contributed by atoms with van der Waals surface area (Å²) in [5, 5.41) is 7.46. The summed E-state index contributed by atoms with van der Waals surface area (Å²) in [6, 6.07) is 8.24. The van der Waals surface area contributed by atoms with Gasteiger partial charge in [-0.1, -0.05) is 22.4 Å². The lowest BCUT2D eigenvalue weighted by atomic mass is 10.0. The fourth-order valence-corrected chi connectivity index (χ4v) is 2.36. The van der Waals surface area contributed by atoms with Crippen LogP contribution < -0.4 is 0 Å². The molecule has 5 nitrogen and oxygen atoms in total. The molecule has 0 fully saturated rings. The molecule has 1 heterocycles. The number of aromatic nitrogens is 1. The van der Waals surface area contributed by atoms with E-state index in [1.807, 2.05) is 6.07 Å². The topological polar surface area (TPSA) is 74.8 Å². The van der Waals surface area contributed by atoms with Crippen LogP contribution in [-0.2, 0) is 19.4 Å². The van der Waals surface area contributed by atoms with Gasteiger partial charge in [-0.15, -0.1) is 0 Å². The summed E-state index contributed by atoms with van der Waals surface area (Å²) in [6.45, 7) is 0.203. The molecular weight excluding hydrogens is 228 g/mol. The van der Waals surface area contributed by atoms with Crippen molar-refractivity contribution in [3.05, 3.63) is 51.6 Å². The van der Waals surface area contributed by atoms with E-state index in [0.29, 0.717) is 5.76 Å². The highest BCUT2D eigenvalue weighted by atomic mass is 16.5. The smallest absolute Gasteiger partial charge is 0.143 e. The van der Waals surface area contributed by atoms with Crippen molar-refractivity contribution < 1.29 is 4.52 Å². The van der Waals surface area contributed by atoms with Gasteiger partial charge in [0.05, 0.1) is 6.54 Å². The number of hydrogen-bond donors (Lipinski definition) is 0. The first kappa shape index (κ1) is 10.9. The molecule has 0 saturated heterocycles. The average molecular weight is 240 g/mol. The van der Waals surface area contributed by atoms with Gasteiger partial charge >= 0.3 is 0 Å². The Morgan fingerprint density at radius 2 is 2.17 bits per heavy atom. The number of aryl methyl sites for hydroxylation is 2. The molecule has 1 aromatic heterocycles. The van der Waals surface area contributed by atoms with Crippen LogP contribution in [0.5, 0.6) is 0 Å². The van der Waals surface area contributed by atoms with E-state index in [1.54, 1.807) is 0 Å². The van der Waals surface area contributed by atoms with Crippen molar-refractivity contribution in [1.29, 1.82) is 0 Å². The zero-order valence-electron chi connectivity index (χ0n) is 9.83. The van der Waals surface area contributed by atoms with Crippen LogP contribution in [-0.4, -0.2) is 5.16 Å². The van der Waals surface area contributed by atoms with Crippen molar-refractivity contribution in [2.75, 3.05) is 0 Å². The third kappa shape index (κ3) is 1.96. The Labute approximate surface area is 104 Å². The minimum absolute atomic E-state index is 0.203. The highest BCUT2D eigenvalue weighted by Gasteiger charge is 2.13. The molecule has 1 aromatic carbocycles. The quantitative estimate of drug-likeness (QED) is 0.466. The molecule has 0 bridgehead atoms. The largest absolute Gasteiger partial charge is 0.361 e. The number of fused-ring (bicyclic) bond motifs is 1. The van der Waals surface area contributed by atoms with Crippen LogP contribution in [0.1, 0.15) is 23.3 Å². The maximum absolute atomic E-state index is 8.25. The summed E-state index contributed by atoms with van der Waals surface area (Å²) in [5.74, 6) is 0.586. The van der Waals surface area contributed by atoms with Crippen molar-refractivity contribution >= 4 is 0 Å². The highest BCUT2D eigenvalue weighted by Crippen LogP contribution is 2.27. The van der Waals surface area contributed by atoms with Crippen LogP contribution in [0.25, 0.3) is 21.7 Å². The summed E-state index contributed by atoms with van der Waals surface area (Å²) >= 11 is 0. The van der Waals surface area contributed by atoms with E-state index in [9.17, 15) is 0 Å². The van der Waals surface area contributed by atoms with E-state index in [0.717, 1.165) is 17.7 Å². The first-order valence-corrected chi connectivity index (χ1v) is 5.95. The summed E-state index contributed by atoms with van der Waals surface area (Å²) in [6.07, 6.45) is 3.56. The third-order valence-electron chi connectivity index (χ3n) is 3.24. The molecule has 5 heteroatoms. The molecule has 0 amide bonds. The zero-order chi connectivity index (χ0) is 12.4. The molecule has 1 aliphatic carbocycles. The minimum atomic E-state index is 0.203. The van der Waals surface area contributed by atoms with E-state index in [1.165, 1.54) is 24.0 Å². The predicted molar refractivity (Wildman–Crippen MR) is 66.8 cm³/mol. The number of hydrogen-bond acceptors (Lipinski definition) is 3. The first-order chi connectivity index (χ1) is 8.86. The second kappa shape index (κ2) is 4.55. The van der Waals surface area contributed by atoms with Gasteiger partial charge in [-0.05, 0) is 42.0 Å². The van der Waals surface area contributed by atoms with E-state index in [2.05, 4.69) is 33.4 Å². The lowest BCUT2D eigenvalue weighted by Crippen LogP contribution is -1.84. The van der Waals surface area contributed by atoms with Crippen LogP contribution in [0.15, 0.2) is 33.9 Å². The molecule has 1 aliphatic rings. The summed E-state index contributed by atoms with van der Waals surface area (Å²) < 4.78 is 5.13. The van der Waals surface area contributed by atoms with Gasteiger partial charge in [0.25, 0.3) is 0 Å². The van der Waals surface area contributed by atoms with Gasteiger partial charge in [-0.2, -0.15) is 0 Å². The average Bonchev–Trinajstić information content (AvgIpc) is 3.04. The van der Waals surface area contributed by atoms with Crippen LogP contribution in [0.2, 0.25) is 0 Å². The Bertz CT molecular complexity index is 626. The van der Waals surface area contributed by atoms with Gasteiger partial charge in [-0.25, -0.2) is 0 Å².